The van der Waals surface area contributed by atoms with Gasteiger partial charge in [-0.3, -0.25) is 4.79 Å². The molecule has 17 heavy (non-hydrogen) atoms. The van der Waals surface area contributed by atoms with Gasteiger partial charge in [-0.05, 0) is 38.8 Å². The number of likely N-dealkylation sites (tertiary alicyclic amines) is 1. The van der Waals surface area contributed by atoms with E-state index in [1.807, 2.05) is 0 Å². The predicted molar refractivity (Wildman–Crippen MR) is 71.8 cm³/mol. The van der Waals surface area contributed by atoms with E-state index in [0.29, 0.717) is 11.5 Å². The molecule has 2 aliphatic rings. The van der Waals surface area contributed by atoms with Crippen molar-refractivity contribution in [3.8, 4) is 0 Å². The fraction of sp³-hybridized carbons (Fsp3) is 0.833. The highest BCUT2D eigenvalue weighted by Gasteiger charge is 2.46. The van der Waals surface area contributed by atoms with Gasteiger partial charge in [-0.2, -0.15) is 0 Å². The van der Waals surface area contributed by atoms with E-state index in [2.05, 4.69) is 10.2 Å². The summed E-state index contributed by atoms with van der Waals surface area (Å²) >= 11 is 5.02. The van der Waals surface area contributed by atoms with Gasteiger partial charge >= 0.3 is 0 Å². The summed E-state index contributed by atoms with van der Waals surface area (Å²) in [4.78, 5) is 14.8. The minimum Gasteiger partial charge on any atom is -0.392 e. The van der Waals surface area contributed by atoms with E-state index in [-0.39, 0.29) is 5.91 Å². The number of carbonyl (C=O) groups excluding carboxylic acids is 1. The number of nitrogens with one attached hydrogen (secondary N) is 1. The van der Waals surface area contributed by atoms with Crippen LogP contribution < -0.4 is 11.1 Å². The smallest absolute Gasteiger partial charge is 0.233 e. The maximum atomic E-state index is 12.1. The molecule has 96 valence electrons. The number of nitrogens with two attached hydrogens (primary N) is 1. The summed E-state index contributed by atoms with van der Waals surface area (Å²) in [5.74, 6) is 0.0375. The zero-order chi connectivity index (χ0) is 12.3. The van der Waals surface area contributed by atoms with Crippen molar-refractivity contribution in [1.82, 2.24) is 10.2 Å². The van der Waals surface area contributed by atoms with Gasteiger partial charge in [0, 0.05) is 13.1 Å². The number of nitrogens with zero attached hydrogens (tertiary/aromatic N) is 1. The highest BCUT2D eigenvalue weighted by Crippen LogP contribution is 2.41. The number of rotatable bonds is 5. The fourth-order valence-corrected chi connectivity index (χ4v) is 2.92. The Morgan fingerprint density at radius 2 is 1.94 bits per heavy atom. The van der Waals surface area contributed by atoms with Crippen molar-refractivity contribution in [1.29, 1.82) is 0 Å². The lowest BCUT2D eigenvalue weighted by atomic mass is 9.68. The Morgan fingerprint density at radius 1 is 1.29 bits per heavy atom. The number of thiocarbonyl (C=S) groups is 1. The number of amides is 1. The van der Waals surface area contributed by atoms with Crippen LogP contribution in [0, 0.1) is 5.41 Å². The molecule has 1 saturated heterocycles. The summed E-state index contributed by atoms with van der Waals surface area (Å²) in [5.41, 5.74) is 5.16. The molecule has 1 heterocycles. The fourth-order valence-electron chi connectivity index (χ4n) is 2.62. The predicted octanol–water partition coefficient (Wildman–Crippen LogP) is 0.655. The molecule has 5 heteroatoms. The van der Waals surface area contributed by atoms with Crippen LogP contribution in [-0.2, 0) is 4.79 Å². The van der Waals surface area contributed by atoms with Gasteiger partial charge in [-0.25, -0.2) is 0 Å². The van der Waals surface area contributed by atoms with Gasteiger partial charge in [0.1, 0.15) is 0 Å². The van der Waals surface area contributed by atoms with Crippen LogP contribution in [0.2, 0.25) is 0 Å². The Bertz CT molecular complexity index is 309. The summed E-state index contributed by atoms with van der Waals surface area (Å²) in [7, 11) is 0. The molecule has 0 bridgehead atoms. The van der Waals surface area contributed by atoms with E-state index in [4.69, 9.17) is 18.0 Å². The van der Waals surface area contributed by atoms with Crippen LogP contribution in [0.15, 0.2) is 0 Å². The van der Waals surface area contributed by atoms with E-state index < -0.39 is 5.41 Å². The van der Waals surface area contributed by atoms with Crippen molar-refractivity contribution in [2.75, 3.05) is 26.2 Å². The Morgan fingerprint density at radius 3 is 2.41 bits per heavy atom. The average molecular weight is 255 g/mol. The normalized spacial score (nSPS) is 23.1. The standard InChI is InChI=1S/C12H21N3OS/c13-10(17)12(4-3-5-12)11(16)14-6-9-15-7-1-2-8-15/h1-9H2,(H2,13,17)(H,14,16). The molecule has 0 aromatic heterocycles. The van der Waals surface area contributed by atoms with Crippen molar-refractivity contribution < 1.29 is 4.79 Å². The van der Waals surface area contributed by atoms with Crippen molar-refractivity contribution in [2.24, 2.45) is 11.1 Å². The largest absolute Gasteiger partial charge is 0.392 e. The van der Waals surface area contributed by atoms with Crippen LogP contribution in [0.1, 0.15) is 32.1 Å². The molecule has 0 aromatic carbocycles. The zero-order valence-corrected chi connectivity index (χ0v) is 11.0. The second kappa shape index (κ2) is 5.31. The Hall–Kier alpha value is -0.680. The monoisotopic (exact) mass is 255 g/mol. The van der Waals surface area contributed by atoms with E-state index in [9.17, 15) is 4.79 Å². The summed E-state index contributed by atoms with van der Waals surface area (Å²) in [5, 5.41) is 2.99. The first-order valence-electron chi connectivity index (χ1n) is 6.46. The van der Waals surface area contributed by atoms with E-state index >= 15 is 0 Å². The average Bonchev–Trinajstić information content (AvgIpc) is 2.67. The van der Waals surface area contributed by atoms with Crippen molar-refractivity contribution >= 4 is 23.1 Å². The maximum Gasteiger partial charge on any atom is 0.233 e. The van der Waals surface area contributed by atoms with Gasteiger partial charge < -0.3 is 16.0 Å². The van der Waals surface area contributed by atoms with Crippen LogP contribution in [0.5, 0.6) is 0 Å². The van der Waals surface area contributed by atoms with Crippen LogP contribution in [0.3, 0.4) is 0 Å². The first kappa shape index (κ1) is 12.8. The molecule has 2 fully saturated rings. The molecule has 0 aromatic rings. The van der Waals surface area contributed by atoms with E-state index in [1.54, 1.807) is 0 Å². The summed E-state index contributed by atoms with van der Waals surface area (Å²) in [6.45, 7) is 3.98. The van der Waals surface area contributed by atoms with Crippen LogP contribution >= 0.6 is 12.2 Å². The van der Waals surface area contributed by atoms with Gasteiger partial charge in [-0.1, -0.05) is 18.6 Å². The molecule has 3 N–H and O–H groups in total. The Balaban J connectivity index is 1.74. The summed E-state index contributed by atoms with van der Waals surface area (Å²) in [6.07, 6.45) is 5.25. The highest BCUT2D eigenvalue weighted by atomic mass is 32.1. The third-order valence-corrected chi connectivity index (χ3v) is 4.42. The molecule has 1 saturated carbocycles. The number of hydrogen-bond acceptors (Lipinski definition) is 3. The third-order valence-electron chi connectivity index (χ3n) is 4.03. The Labute approximate surface area is 108 Å². The van der Waals surface area contributed by atoms with Gasteiger partial charge in [-0.15, -0.1) is 0 Å². The van der Waals surface area contributed by atoms with Gasteiger partial charge in [0.15, 0.2) is 0 Å². The second-order valence-corrected chi connectivity index (χ2v) is 5.54. The lowest BCUT2D eigenvalue weighted by Crippen LogP contribution is -2.53. The Kier molecular flexibility index (Phi) is 3.99. The molecular formula is C12H21N3OS. The highest BCUT2D eigenvalue weighted by molar-refractivity contribution is 7.80. The van der Waals surface area contributed by atoms with Gasteiger partial charge in [0.25, 0.3) is 0 Å². The quantitative estimate of drug-likeness (QED) is 0.708. The number of hydrogen-bond donors (Lipinski definition) is 2. The second-order valence-electron chi connectivity index (χ2n) is 5.10. The molecule has 0 spiro atoms. The van der Waals surface area contributed by atoms with Crippen molar-refractivity contribution in [3.63, 3.8) is 0 Å². The summed E-state index contributed by atoms with van der Waals surface area (Å²) in [6, 6.07) is 0. The van der Waals surface area contributed by atoms with Crippen LogP contribution in [0.25, 0.3) is 0 Å². The molecular weight excluding hydrogens is 234 g/mol. The van der Waals surface area contributed by atoms with Gasteiger partial charge in [0.2, 0.25) is 5.91 Å². The molecule has 0 radical (unpaired) electrons. The van der Waals surface area contributed by atoms with Crippen molar-refractivity contribution in [2.45, 2.75) is 32.1 Å². The van der Waals surface area contributed by atoms with E-state index in [0.717, 1.165) is 38.9 Å². The van der Waals surface area contributed by atoms with Crippen LogP contribution in [-0.4, -0.2) is 42.0 Å². The molecule has 1 aliphatic heterocycles. The molecule has 0 atom stereocenters. The first-order chi connectivity index (χ1) is 8.15. The van der Waals surface area contributed by atoms with E-state index in [1.165, 1.54) is 12.8 Å². The lowest BCUT2D eigenvalue weighted by Gasteiger charge is -2.39. The SMILES string of the molecule is NC(=S)C1(C(=O)NCCN2CCCC2)CCC1. The first-order valence-corrected chi connectivity index (χ1v) is 6.86. The third kappa shape index (κ3) is 2.60. The van der Waals surface area contributed by atoms with Crippen molar-refractivity contribution in [3.05, 3.63) is 0 Å². The summed E-state index contributed by atoms with van der Waals surface area (Å²) < 4.78 is 0. The minimum absolute atomic E-state index is 0.0375. The molecule has 4 nitrogen and oxygen atoms in total. The topological polar surface area (TPSA) is 58.4 Å². The zero-order valence-electron chi connectivity index (χ0n) is 10.2. The van der Waals surface area contributed by atoms with Crippen LogP contribution in [0.4, 0.5) is 0 Å². The minimum atomic E-state index is -0.527. The lowest BCUT2D eigenvalue weighted by molar-refractivity contribution is -0.130. The molecule has 0 unspecified atom stereocenters. The molecule has 1 amide bonds. The molecule has 1 aliphatic carbocycles. The number of carbonyl (C=O) groups is 1. The van der Waals surface area contributed by atoms with Gasteiger partial charge in [0.05, 0.1) is 10.4 Å². The molecule has 2 rings (SSSR count). The maximum absolute atomic E-state index is 12.1.